The van der Waals surface area contributed by atoms with Crippen molar-refractivity contribution >= 4 is 11.9 Å². The topological polar surface area (TPSA) is 124 Å². The number of nitrogens with two attached hydrogens (primary N) is 1. The van der Waals surface area contributed by atoms with Crippen LogP contribution in [0.3, 0.4) is 0 Å². The number of hydrogen-bond donors (Lipinski definition) is 4. The summed E-state index contributed by atoms with van der Waals surface area (Å²) in [6.45, 7) is 0.0475. The molecule has 0 spiro atoms. The third-order valence-electron chi connectivity index (χ3n) is 2.03. The molecule has 0 saturated carbocycles. The highest BCUT2D eigenvalue weighted by molar-refractivity contribution is 5.83. The lowest BCUT2D eigenvalue weighted by molar-refractivity contribution is -0.131. The van der Waals surface area contributed by atoms with Gasteiger partial charge < -0.3 is 26.0 Å². The van der Waals surface area contributed by atoms with E-state index in [1.54, 1.807) is 12.4 Å². The molecule has 1 rings (SSSR count). The number of nitrogens with one attached hydrogen (secondary N) is 2. The Balaban J connectivity index is 2.52. The molecule has 0 aliphatic carbocycles. The molecule has 17 heavy (non-hydrogen) atoms. The van der Waals surface area contributed by atoms with Gasteiger partial charge in [0.2, 0.25) is 5.91 Å². The van der Waals surface area contributed by atoms with Crippen molar-refractivity contribution in [3.63, 3.8) is 0 Å². The van der Waals surface area contributed by atoms with Crippen molar-refractivity contribution in [3.05, 3.63) is 18.2 Å². The lowest BCUT2D eigenvalue weighted by atomic mass is 10.4. The van der Waals surface area contributed by atoms with E-state index in [4.69, 9.17) is 10.8 Å². The minimum absolute atomic E-state index is 0.164. The van der Waals surface area contributed by atoms with Gasteiger partial charge in [-0.15, -0.1) is 0 Å². The number of imidazole rings is 1. The smallest absolute Gasteiger partial charge is 0.312 e. The van der Waals surface area contributed by atoms with Gasteiger partial charge >= 0.3 is 6.03 Å². The van der Waals surface area contributed by atoms with E-state index in [0.29, 0.717) is 5.82 Å². The second kappa shape index (κ2) is 6.48. The SMILES string of the molecule is NC(=O)NCC(=O)N(CCO)Cc1ncc[nH]1. The van der Waals surface area contributed by atoms with Gasteiger partial charge in [-0.05, 0) is 0 Å². The number of hydrogen-bond acceptors (Lipinski definition) is 4. The van der Waals surface area contributed by atoms with Crippen LogP contribution in [-0.2, 0) is 11.3 Å². The van der Waals surface area contributed by atoms with E-state index >= 15 is 0 Å². The van der Waals surface area contributed by atoms with Crippen molar-refractivity contribution in [2.24, 2.45) is 5.73 Å². The molecule has 0 unspecified atom stereocenters. The largest absolute Gasteiger partial charge is 0.395 e. The number of aliphatic hydroxyl groups excluding tert-OH is 1. The Morgan fingerprint density at radius 2 is 2.35 bits per heavy atom. The first kappa shape index (κ1) is 13.0. The van der Waals surface area contributed by atoms with Gasteiger partial charge in [0.05, 0.1) is 19.7 Å². The first-order valence-electron chi connectivity index (χ1n) is 5.03. The third kappa shape index (κ3) is 4.51. The maximum absolute atomic E-state index is 11.7. The molecule has 0 saturated heterocycles. The molecule has 1 aromatic heterocycles. The first-order valence-corrected chi connectivity index (χ1v) is 5.03. The minimum atomic E-state index is -0.764. The van der Waals surface area contributed by atoms with Gasteiger partial charge in [0.1, 0.15) is 5.82 Å². The molecule has 0 radical (unpaired) electrons. The van der Waals surface area contributed by atoms with E-state index in [1.165, 1.54) is 4.90 Å². The second-order valence-corrected chi connectivity index (χ2v) is 3.29. The van der Waals surface area contributed by atoms with Crippen LogP contribution in [0.5, 0.6) is 0 Å². The number of primary amides is 1. The normalized spacial score (nSPS) is 9.94. The number of urea groups is 1. The molecule has 1 aromatic rings. The fraction of sp³-hybridized carbons (Fsp3) is 0.444. The number of aromatic nitrogens is 2. The highest BCUT2D eigenvalue weighted by atomic mass is 16.3. The summed E-state index contributed by atoms with van der Waals surface area (Å²) in [5.41, 5.74) is 4.86. The van der Waals surface area contributed by atoms with E-state index in [1.807, 2.05) is 0 Å². The van der Waals surface area contributed by atoms with Crippen LogP contribution in [0.25, 0.3) is 0 Å². The Morgan fingerprint density at radius 3 is 2.88 bits per heavy atom. The summed E-state index contributed by atoms with van der Waals surface area (Å²) >= 11 is 0. The van der Waals surface area contributed by atoms with Crippen molar-refractivity contribution in [2.75, 3.05) is 19.7 Å². The van der Waals surface area contributed by atoms with Gasteiger partial charge in [0.25, 0.3) is 0 Å². The van der Waals surface area contributed by atoms with Crippen LogP contribution in [0, 0.1) is 0 Å². The second-order valence-electron chi connectivity index (χ2n) is 3.29. The number of carbonyl (C=O) groups is 2. The Hall–Kier alpha value is -2.09. The van der Waals surface area contributed by atoms with E-state index in [-0.39, 0.29) is 32.1 Å². The van der Waals surface area contributed by atoms with Crippen LogP contribution in [0.2, 0.25) is 0 Å². The minimum Gasteiger partial charge on any atom is -0.395 e. The zero-order valence-electron chi connectivity index (χ0n) is 9.22. The van der Waals surface area contributed by atoms with Crippen molar-refractivity contribution in [1.29, 1.82) is 0 Å². The molecule has 1 heterocycles. The number of H-pyrrole nitrogens is 1. The van der Waals surface area contributed by atoms with E-state index in [2.05, 4.69) is 15.3 Å². The Kier molecular flexibility index (Phi) is 4.95. The van der Waals surface area contributed by atoms with Crippen LogP contribution in [0.15, 0.2) is 12.4 Å². The monoisotopic (exact) mass is 241 g/mol. The standard InChI is InChI=1S/C9H15N5O3/c10-9(17)13-5-8(16)14(3-4-15)6-7-11-1-2-12-7/h1-2,15H,3-6H2,(H,11,12)(H3,10,13,17). The van der Waals surface area contributed by atoms with Crippen LogP contribution < -0.4 is 11.1 Å². The highest BCUT2D eigenvalue weighted by Gasteiger charge is 2.14. The van der Waals surface area contributed by atoms with E-state index < -0.39 is 6.03 Å². The van der Waals surface area contributed by atoms with E-state index in [0.717, 1.165) is 0 Å². The highest BCUT2D eigenvalue weighted by Crippen LogP contribution is 1.98. The summed E-state index contributed by atoms with van der Waals surface area (Å²) in [5.74, 6) is 0.264. The number of amides is 3. The fourth-order valence-electron chi connectivity index (χ4n) is 1.25. The lowest BCUT2D eigenvalue weighted by Gasteiger charge is -2.20. The molecule has 0 aromatic carbocycles. The van der Waals surface area contributed by atoms with Crippen molar-refractivity contribution in [1.82, 2.24) is 20.2 Å². The summed E-state index contributed by atoms with van der Waals surface area (Å²) in [6.07, 6.45) is 3.21. The van der Waals surface area contributed by atoms with Crippen LogP contribution in [0.1, 0.15) is 5.82 Å². The van der Waals surface area contributed by atoms with Gasteiger partial charge in [0.15, 0.2) is 0 Å². The molecule has 94 valence electrons. The number of aromatic amines is 1. The Labute approximate surface area is 97.8 Å². The van der Waals surface area contributed by atoms with Gasteiger partial charge in [-0.1, -0.05) is 0 Å². The summed E-state index contributed by atoms with van der Waals surface area (Å²) in [5, 5.41) is 11.1. The molecule has 0 fully saturated rings. The molecule has 5 N–H and O–H groups in total. The average Bonchev–Trinajstić information content (AvgIpc) is 2.78. The molecule has 0 aliphatic heterocycles. The molecule has 3 amide bonds. The van der Waals surface area contributed by atoms with Crippen molar-refractivity contribution in [3.8, 4) is 0 Å². The predicted molar refractivity (Wildman–Crippen MR) is 58.7 cm³/mol. The predicted octanol–water partition coefficient (Wildman–Crippen LogP) is -1.60. The average molecular weight is 241 g/mol. The summed E-state index contributed by atoms with van der Waals surface area (Å²) in [4.78, 5) is 30.3. The third-order valence-corrected chi connectivity index (χ3v) is 2.03. The van der Waals surface area contributed by atoms with E-state index in [9.17, 15) is 9.59 Å². The zero-order chi connectivity index (χ0) is 12.7. The molecular formula is C9H15N5O3. The zero-order valence-corrected chi connectivity index (χ0v) is 9.22. The lowest BCUT2D eigenvalue weighted by Crippen LogP contribution is -2.42. The summed E-state index contributed by atoms with van der Waals surface area (Å²) < 4.78 is 0. The van der Waals surface area contributed by atoms with Crippen molar-refractivity contribution in [2.45, 2.75) is 6.54 Å². The Morgan fingerprint density at radius 1 is 1.59 bits per heavy atom. The quantitative estimate of drug-likeness (QED) is 0.478. The van der Waals surface area contributed by atoms with Crippen molar-refractivity contribution < 1.29 is 14.7 Å². The molecule has 0 atom stereocenters. The number of carbonyl (C=O) groups excluding carboxylic acids is 2. The molecule has 0 bridgehead atoms. The van der Waals surface area contributed by atoms with Crippen LogP contribution in [-0.4, -0.2) is 51.6 Å². The first-order chi connectivity index (χ1) is 8.13. The number of nitrogens with zero attached hydrogens (tertiary/aromatic N) is 2. The molecular weight excluding hydrogens is 226 g/mol. The van der Waals surface area contributed by atoms with Gasteiger partial charge in [0, 0.05) is 18.9 Å². The molecule has 0 aliphatic rings. The maximum Gasteiger partial charge on any atom is 0.312 e. The van der Waals surface area contributed by atoms with Crippen LogP contribution in [0.4, 0.5) is 4.79 Å². The molecule has 8 nitrogen and oxygen atoms in total. The van der Waals surface area contributed by atoms with Gasteiger partial charge in [-0.25, -0.2) is 9.78 Å². The van der Waals surface area contributed by atoms with Gasteiger partial charge in [-0.3, -0.25) is 4.79 Å². The van der Waals surface area contributed by atoms with Crippen LogP contribution >= 0.6 is 0 Å². The maximum atomic E-state index is 11.7. The fourth-order valence-corrected chi connectivity index (χ4v) is 1.25. The Bertz CT molecular complexity index is 365. The summed E-state index contributed by atoms with van der Waals surface area (Å²) in [7, 11) is 0. The summed E-state index contributed by atoms with van der Waals surface area (Å²) in [6, 6.07) is -0.764. The molecule has 8 heteroatoms. The number of aliphatic hydroxyl groups is 1. The number of rotatable bonds is 6. The van der Waals surface area contributed by atoms with Gasteiger partial charge in [-0.2, -0.15) is 0 Å².